The Morgan fingerprint density at radius 3 is 2.56 bits per heavy atom. The van der Waals surface area contributed by atoms with Gasteiger partial charge < -0.3 is 4.57 Å². The largest absolute Gasteiger partial charge is 0.417 e. The molecule has 0 aliphatic rings. The number of nitrogens with zero attached hydrogens (tertiary/aromatic N) is 2. The van der Waals surface area contributed by atoms with E-state index in [1.165, 1.54) is 6.07 Å². The summed E-state index contributed by atoms with van der Waals surface area (Å²) in [7, 11) is 1.66. The van der Waals surface area contributed by atoms with Crippen molar-refractivity contribution < 1.29 is 13.2 Å². The fraction of sp³-hybridized carbons (Fsp3) is 0.182. The number of benzene rings is 1. The first-order valence-corrected chi connectivity index (χ1v) is 4.50. The third-order valence-electron chi connectivity index (χ3n) is 2.45. The molecule has 0 radical (unpaired) electrons. The molecule has 82 valence electrons. The van der Waals surface area contributed by atoms with Crippen molar-refractivity contribution in [2.75, 3.05) is 0 Å². The smallest absolute Gasteiger partial charge is 0.351 e. The van der Waals surface area contributed by atoms with Crippen molar-refractivity contribution in [2.24, 2.45) is 7.05 Å². The van der Waals surface area contributed by atoms with Gasteiger partial charge in [0.25, 0.3) is 0 Å². The summed E-state index contributed by atoms with van der Waals surface area (Å²) in [5.74, 6) is 0. The molecule has 2 aromatic rings. The van der Waals surface area contributed by atoms with Crippen molar-refractivity contribution >= 4 is 10.9 Å². The predicted octanol–water partition coefficient (Wildman–Crippen LogP) is 3.07. The highest BCUT2D eigenvalue weighted by Gasteiger charge is 2.34. The molecule has 0 aliphatic carbocycles. The van der Waals surface area contributed by atoms with Gasteiger partial charge in [0.1, 0.15) is 0 Å². The Morgan fingerprint density at radius 2 is 2.00 bits per heavy atom. The van der Waals surface area contributed by atoms with Crippen LogP contribution < -0.4 is 0 Å². The third kappa shape index (κ3) is 1.52. The maximum Gasteiger partial charge on any atom is 0.417 e. The van der Waals surface area contributed by atoms with Crippen LogP contribution in [0.4, 0.5) is 13.2 Å². The molecule has 2 rings (SSSR count). The second-order valence-electron chi connectivity index (χ2n) is 3.49. The zero-order chi connectivity index (χ0) is 11.9. The van der Waals surface area contributed by atoms with Crippen LogP contribution in [-0.2, 0) is 13.2 Å². The van der Waals surface area contributed by atoms with E-state index in [9.17, 15) is 13.2 Å². The number of halogens is 3. The maximum absolute atomic E-state index is 12.6. The first-order valence-electron chi connectivity index (χ1n) is 4.50. The minimum Gasteiger partial charge on any atom is -0.351 e. The summed E-state index contributed by atoms with van der Waals surface area (Å²) in [4.78, 5) is 0. The molecule has 1 aromatic carbocycles. The summed E-state index contributed by atoms with van der Waals surface area (Å²) in [6, 6.07) is 5.52. The van der Waals surface area contributed by atoms with E-state index in [1.807, 2.05) is 0 Å². The fourth-order valence-corrected chi connectivity index (χ4v) is 1.64. The third-order valence-corrected chi connectivity index (χ3v) is 2.45. The van der Waals surface area contributed by atoms with E-state index in [0.717, 1.165) is 6.07 Å². The number of nitriles is 1. The summed E-state index contributed by atoms with van der Waals surface area (Å²) in [5.41, 5.74) is -0.762. The monoisotopic (exact) mass is 224 g/mol. The number of rotatable bonds is 0. The standard InChI is InChI=1S/C11H7F3N2/c1-16-3-2-7-4-8(6-15)9(5-10(7)16)11(12,13)14/h2-5H,1H3. The molecule has 0 aliphatic heterocycles. The summed E-state index contributed by atoms with van der Waals surface area (Å²) in [5, 5.41) is 9.32. The topological polar surface area (TPSA) is 28.7 Å². The quantitative estimate of drug-likeness (QED) is 0.676. The van der Waals surface area contributed by atoms with E-state index in [-0.39, 0.29) is 5.56 Å². The average molecular weight is 224 g/mol. The maximum atomic E-state index is 12.6. The molecular weight excluding hydrogens is 217 g/mol. The van der Waals surface area contributed by atoms with Crippen LogP contribution >= 0.6 is 0 Å². The van der Waals surface area contributed by atoms with Crippen molar-refractivity contribution in [3.05, 3.63) is 35.5 Å². The Balaban J connectivity index is 2.82. The molecule has 2 nitrogen and oxygen atoms in total. The Bertz CT molecular complexity index is 588. The molecule has 0 fully saturated rings. The van der Waals surface area contributed by atoms with Gasteiger partial charge in [0.15, 0.2) is 0 Å². The van der Waals surface area contributed by atoms with Crippen LogP contribution in [0.1, 0.15) is 11.1 Å². The van der Waals surface area contributed by atoms with Gasteiger partial charge in [0.2, 0.25) is 0 Å². The molecule has 0 saturated heterocycles. The van der Waals surface area contributed by atoms with Gasteiger partial charge in [0.05, 0.1) is 17.2 Å². The molecule has 1 aromatic heterocycles. The molecule has 0 N–H and O–H groups in total. The summed E-state index contributed by atoms with van der Waals surface area (Å²) >= 11 is 0. The molecule has 1 heterocycles. The number of fused-ring (bicyclic) bond motifs is 1. The van der Waals surface area contributed by atoms with Crippen molar-refractivity contribution in [3.63, 3.8) is 0 Å². The van der Waals surface area contributed by atoms with E-state index in [1.54, 1.807) is 29.9 Å². The molecule has 0 bridgehead atoms. The van der Waals surface area contributed by atoms with E-state index in [0.29, 0.717) is 10.9 Å². The first kappa shape index (κ1) is 10.6. The van der Waals surface area contributed by atoms with Gasteiger partial charge in [-0.2, -0.15) is 18.4 Å². The highest BCUT2D eigenvalue weighted by Crippen LogP contribution is 2.34. The molecular formula is C11H7F3N2. The molecule has 0 unspecified atom stereocenters. The lowest BCUT2D eigenvalue weighted by Crippen LogP contribution is -2.08. The van der Waals surface area contributed by atoms with Crippen LogP contribution in [0.5, 0.6) is 0 Å². The first-order chi connectivity index (χ1) is 7.43. The van der Waals surface area contributed by atoms with Crippen LogP contribution in [0.3, 0.4) is 0 Å². The summed E-state index contributed by atoms with van der Waals surface area (Å²) in [6.07, 6.45) is -2.84. The van der Waals surface area contributed by atoms with Gasteiger partial charge in [-0.05, 0) is 18.2 Å². The lowest BCUT2D eigenvalue weighted by Gasteiger charge is -2.09. The minimum absolute atomic E-state index is 0.341. The lowest BCUT2D eigenvalue weighted by molar-refractivity contribution is -0.137. The predicted molar refractivity (Wildman–Crippen MR) is 52.6 cm³/mol. The molecule has 0 spiro atoms. The minimum atomic E-state index is -4.50. The van der Waals surface area contributed by atoms with Gasteiger partial charge in [-0.25, -0.2) is 0 Å². The normalized spacial score (nSPS) is 11.7. The van der Waals surface area contributed by atoms with Gasteiger partial charge in [0, 0.05) is 24.1 Å². The zero-order valence-electron chi connectivity index (χ0n) is 8.34. The second-order valence-corrected chi connectivity index (χ2v) is 3.49. The van der Waals surface area contributed by atoms with Crippen molar-refractivity contribution in [1.29, 1.82) is 5.26 Å². The van der Waals surface area contributed by atoms with Crippen molar-refractivity contribution in [1.82, 2.24) is 4.57 Å². The van der Waals surface area contributed by atoms with Gasteiger partial charge in [-0.1, -0.05) is 0 Å². The Hall–Kier alpha value is -1.96. The van der Waals surface area contributed by atoms with Crippen LogP contribution in [0.15, 0.2) is 24.4 Å². The van der Waals surface area contributed by atoms with Crippen LogP contribution in [0.25, 0.3) is 10.9 Å². The van der Waals surface area contributed by atoms with Gasteiger partial charge in [-0.15, -0.1) is 0 Å². The molecule has 0 amide bonds. The lowest BCUT2D eigenvalue weighted by atomic mass is 10.1. The van der Waals surface area contributed by atoms with Crippen LogP contribution in [0.2, 0.25) is 0 Å². The number of aromatic nitrogens is 1. The zero-order valence-corrected chi connectivity index (χ0v) is 8.34. The Morgan fingerprint density at radius 1 is 1.31 bits per heavy atom. The van der Waals surface area contributed by atoms with E-state index < -0.39 is 11.7 Å². The van der Waals surface area contributed by atoms with E-state index in [2.05, 4.69) is 0 Å². The highest BCUT2D eigenvalue weighted by molar-refractivity contribution is 5.83. The average Bonchev–Trinajstić information content (AvgIpc) is 2.57. The Labute approximate surface area is 89.5 Å². The molecule has 0 saturated carbocycles. The molecule has 0 atom stereocenters. The van der Waals surface area contributed by atoms with Crippen molar-refractivity contribution in [2.45, 2.75) is 6.18 Å². The van der Waals surface area contributed by atoms with Crippen LogP contribution in [0, 0.1) is 11.3 Å². The number of aryl methyl sites for hydroxylation is 1. The van der Waals surface area contributed by atoms with Gasteiger partial charge in [-0.3, -0.25) is 0 Å². The van der Waals surface area contributed by atoms with Crippen molar-refractivity contribution in [3.8, 4) is 6.07 Å². The second kappa shape index (κ2) is 3.27. The van der Waals surface area contributed by atoms with E-state index in [4.69, 9.17) is 5.26 Å². The number of hydrogen-bond acceptors (Lipinski definition) is 1. The van der Waals surface area contributed by atoms with E-state index >= 15 is 0 Å². The SMILES string of the molecule is Cn1ccc2cc(C#N)c(C(F)(F)F)cc21. The molecule has 16 heavy (non-hydrogen) atoms. The van der Waals surface area contributed by atoms with Gasteiger partial charge >= 0.3 is 6.18 Å². The highest BCUT2D eigenvalue weighted by atomic mass is 19.4. The number of hydrogen-bond donors (Lipinski definition) is 0. The summed E-state index contributed by atoms with van der Waals surface area (Å²) < 4.78 is 39.5. The van der Waals surface area contributed by atoms with Crippen LogP contribution in [-0.4, -0.2) is 4.57 Å². The summed E-state index contributed by atoms with van der Waals surface area (Å²) in [6.45, 7) is 0. The number of alkyl halides is 3. The Kier molecular flexibility index (Phi) is 2.16. The fourth-order valence-electron chi connectivity index (χ4n) is 1.64. The molecule has 5 heteroatoms.